The number of halogens is 3. The first-order valence-electron chi connectivity index (χ1n) is 5.66. The summed E-state index contributed by atoms with van der Waals surface area (Å²) in [6.45, 7) is 1.72. The summed E-state index contributed by atoms with van der Waals surface area (Å²) in [7, 11) is 0. The first-order chi connectivity index (χ1) is 7.98. The average molecular weight is 244 g/mol. The standard InChI is InChI=1S/C12H15F3N2/c13-12(14,15)10-7-9(1-2-11(10)16)8-3-5-17-6-4-8/h1-2,7-8,17H,3-6,16H2. The van der Waals surface area contributed by atoms with Gasteiger partial charge in [0.2, 0.25) is 0 Å². The number of alkyl halides is 3. The molecule has 0 radical (unpaired) electrons. The fourth-order valence-corrected chi connectivity index (χ4v) is 2.23. The Morgan fingerprint density at radius 1 is 1.18 bits per heavy atom. The van der Waals surface area contributed by atoms with Gasteiger partial charge in [0, 0.05) is 5.69 Å². The third-order valence-electron chi connectivity index (χ3n) is 3.19. The molecule has 1 fully saturated rings. The van der Waals surface area contributed by atoms with Crippen molar-refractivity contribution in [1.29, 1.82) is 0 Å². The maximum absolute atomic E-state index is 12.7. The maximum atomic E-state index is 12.7. The fourth-order valence-electron chi connectivity index (χ4n) is 2.23. The van der Waals surface area contributed by atoms with E-state index in [9.17, 15) is 13.2 Å². The summed E-state index contributed by atoms with van der Waals surface area (Å²) in [4.78, 5) is 0. The van der Waals surface area contributed by atoms with Crippen LogP contribution in [0, 0.1) is 0 Å². The second-order valence-electron chi connectivity index (χ2n) is 4.37. The largest absolute Gasteiger partial charge is 0.418 e. The van der Waals surface area contributed by atoms with Gasteiger partial charge in [-0.2, -0.15) is 13.2 Å². The van der Waals surface area contributed by atoms with Gasteiger partial charge >= 0.3 is 6.18 Å². The zero-order valence-corrected chi connectivity index (χ0v) is 9.35. The van der Waals surface area contributed by atoms with E-state index in [1.54, 1.807) is 6.07 Å². The molecule has 2 nitrogen and oxygen atoms in total. The Kier molecular flexibility index (Phi) is 3.28. The number of hydrogen-bond acceptors (Lipinski definition) is 2. The summed E-state index contributed by atoms with van der Waals surface area (Å²) in [6.07, 6.45) is -2.62. The lowest BCUT2D eigenvalue weighted by Crippen LogP contribution is -2.26. The summed E-state index contributed by atoms with van der Waals surface area (Å²) >= 11 is 0. The molecule has 0 aliphatic carbocycles. The molecule has 0 bridgehead atoms. The fraction of sp³-hybridized carbons (Fsp3) is 0.500. The van der Waals surface area contributed by atoms with Gasteiger partial charge in [-0.3, -0.25) is 0 Å². The minimum absolute atomic E-state index is 0.199. The van der Waals surface area contributed by atoms with Crippen molar-refractivity contribution in [3.05, 3.63) is 29.3 Å². The molecule has 0 unspecified atom stereocenters. The Bertz CT molecular complexity index is 395. The van der Waals surface area contributed by atoms with Crippen LogP contribution in [0.2, 0.25) is 0 Å². The number of rotatable bonds is 1. The van der Waals surface area contributed by atoms with Crippen molar-refractivity contribution in [2.24, 2.45) is 0 Å². The predicted octanol–water partition coefficient (Wildman–Crippen LogP) is 2.75. The van der Waals surface area contributed by atoms with Gasteiger partial charge in [0.25, 0.3) is 0 Å². The lowest BCUT2D eigenvalue weighted by molar-refractivity contribution is -0.137. The van der Waals surface area contributed by atoms with Gasteiger partial charge in [-0.15, -0.1) is 0 Å². The highest BCUT2D eigenvalue weighted by atomic mass is 19.4. The first kappa shape index (κ1) is 12.2. The van der Waals surface area contributed by atoms with Gasteiger partial charge in [0.15, 0.2) is 0 Å². The van der Waals surface area contributed by atoms with Gasteiger partial charge in [-0.25, -0.2) is 0 Å². The Balaban J connectivity index is 2.30. The molecule has 1 saturated heterocycles. The van der Waals surface area contributed by atoms with Gasteiger partial charge in [0.1, 0.15) is 0 Å². The van der Waals surface area contributed by atoms with Crippen molar-refractivity contribution in [2.45, 2.75) is 24.9 Å². The highest BCUT2D eigenvalue weighted by molar-refractivity contribution is 5.50. The molecule has 2 rings (SSSR count). The lowest BCUT2D eigenvalue weighted by atomic mass is 9.89. The van der Waals surface area contributed by atoms with E-state index in [0.717, 1.165) is 31.5 Å². The second kappa shape index (κ2) is 4.56. The Labute approximate surface area is 98.0 Å². The number of piperidine rings is 1. The molecular weight excluding hydrogens is 229 g/mol. The van der Waals surface area contributed by atoms with Crippen LogP contribution in [0.1, 0.15) is 29.9 Å². The van der Waals surface area contributed by atoms with Crippen molar-refractivity contribution >= 4 is 5.69 Å². The number of nitrogens with two attached hydrogens (primary N) is 1. The highest BCUT2D eigenvalue weighted by Crippen LogP contribution is 2.36. The van der Waals surface area contributed by atoms with E-state index in [4.69, 9.17) is 5.73 Å². The third-order valence-corrected chi connectivity index (χ3v) is 3.19. The molecule has 3 N–H and O–H groups in total. The van der Waals surface area contributed by atoms with E-state index < -0.39 is 11.7 Å². The zero-order valence-electron chi connectivity index (χ0n) is 9.35. The minimum Gasteiger partial charge on any atom is -0.398 e. The zero-order chi connectivity index (χ0) is 12.5. The molecule has 1 aliphatic rings. The van der Waals surface area contributed by atoms with Crippen molar-refractivity contribution in [3.63, 3.8) is 0 Å². The lowest BCUT2D eigenvalue weighted by Gasteiger charge is -2.24. The summed E-state index contributed by atoms with van der Waals surface area (Å²) in [5, 5.41) is 3.19. The molecule has 1 heterocycles. The van der Waals surface area contributed by atoms with Crippen LogP contribution in [0.4, 0.5) is 18.9 Å². The number of hydrogen-bond donors (Lipinski definition) is 2. The number of benzene rings is 1. The average Bonchev–Trinajstić information content (AvgIpc) is 2.29. The summed E-state index contributed by atoms with van der Waals surface area (Å²) in [5.74, 6) is 0.206. The molecule has 0 saturated carbocycles. The van der Waals surface area contributed by atoms with Crippen LogP contribution < -0.4 is 11.1 Å². The van der Waals surface area contributed by atoms with E-state index in [-0.39, 0.29) is 11.6 Å². The summed E-state index contributed by atoms with van der Waals surface area (Å²) in [5.41, 5.74) is 5.20. The van der Waals surface area contributed by atoms with Gasteiger partial charge < -0.3 is 11.1 Å². The van der Waals surface area contributed by atoms with E-state index in [1.807, 2.05) is 0 Å². The van der Waals surface area contributed by atoms with Crippen molar-refractivity contribution in [2.75, 3.05) is 18.8 Å². The number of anilines is 1. The van der Waals surface area contributed by atoms with Crippen LogP contribution in [0.15, 0.2) is 18.2 Å². The molecular formula is C12H15F3N2. The van der Waals surface area contributed by atoms with E-state index in [0.29, 0.717) is 0 Å². The topological polar surface area (TPSA) is 38.0 Å². The van der Waals surface area contributed by atoms with Gasteiger partial charge in [0.05, 0.1) is 5.56 Å². The minimum atomic E-state index is -4.37. The molecule has 17 heavy (non-hydrogen) atoms. The molecule has 5 heteroatoms. The van der Waals surface area contributed by atoms with Crippen LogP contribution in [0.5, 0.6) is 0 Å². The van der Waals surface area contributed by atoms with Crippen LogP contribution in [-0.2, 0) is 6.18 Å². The van der Waals surface area contributed by atoms with Gasteiger partial charge in [-0.05, 0) is 49.5 Å². The monoisotopic (exact) mass is 244 g/mol. The molecule has 0 aromatic heterocycles. The van der Waals surface area contributed by atoms with Crippen molar-refractivity contribution < 1.29 is 13.2 Å². The molecule has 0 amide bonds. The summed E-state index contributed by atoms with van der Waals surface area (Å²) in [6, 6.07) is 4.27. The van der Waals surface area contributed by atoms with Crippen LogP contribution in [-0.4, -0.2) is 13.1 Å². The quantitative estimate of drug-likeness (QED) is 0.745. The molecule has 1 aliphatic heterocycles. The van der Waals surface area contributed by atoms with E-state index >= 15 is 0 Å². The molecule has 94 valence electrons. The van der Waals surface area contributed by atoms with Crippen molar-refractivity contribution in [3.8, 4) is 0 Å². The number of nitrogen functional groups attached to an aromatic ring is 1. The van der Waals surface area contributed by atoms with Gasteiger partial charge in [-0.1, -0.05) is 6.07 Å². The van der Waals surface area contributed by atoms with Crippen molar-refractivity contribution in [1.82, 2.24) is 5.32 Å². The highest BCUT2D eigenvalue weighted by Gasteiger charge is 2.33. The smallest absolute Gasteiger partial charge is 0.398 e. The van der Waals surface area contributed by atoms with Crippen LogP contribution in [0.25, 0.3) is 0 Å². The van der Waals surface area contributed by atoms with E-state index in [1.165, 1.54) is 12.1 Å². The Morgan fingerprint density at radius 3 is 2.41 bits per heavy atom. The molecule has 1 aromatic carbocycles. The molecule has 0 spiro atoms. The SMILES string of the molecule is Nc1ccc(C2CCNCC2)cc1C(F)(F)F. The first-order valence-corrected chi connectivity index (χ1v) is 5.66. The second-order valence-corrected chi connectivity index (χ2v) is 4.37. The van der Waals surface area contributed by atoms with E-state index in [2.05, 4.69) is 5.32 Å². The number of nitrogens with one attached hydrogen (secondary N) is 1. The normalized spacial score (nSPS) is 18.3. The van der Waals surface area contributed by atoms with Crippen LogP contribution in [0.3, 0.4) is 0 Å². The Hall–Kier alpha value is -1.23. The maximum Gasteiger partial charge on any atom is 0.418 e. The molecule has 0 atom stereocenters. The predicted molar refractivity (Wildman–Crippen MR) is 60.7 cm³/mol. The molecule has 1 aromatic rings. The summed E-state index contributed by atoms with van der Waals surface area (Å²) < 4.78 is 38.1. The Morgan fingerprint density at radius 2 is 1.82 bits per heavy atom. The third kappa shape index (κ3) is 2.72. The van der Waals surface area contributed by atoms with Crippen LogP contribution >= 0.6 is 0 Å².